The maximum absolute atomic E-state index is 11.8. The van der Waals surface area contributed by atoms with E-state index in [1.807, 2.05) is 61.2 Å². The lowest BCUT2D eigenvalue weighted by atomic mass is 10.2. The minimum atomic E-state index is -0.641. The second-order valence-corrected chi connectivity index (χ2v) is 6.72. The SMILES string of the molecule is CC=CC(=CC)Oc1ccc(-c2nc(C(N)=O)cc(N3CCOCC3CO)n2)cc1. The van der Waals surface area contributed by atoms with Gasteiger partial charge in [0.2, 0.25) is 0 Å². The van der Waals surface area contributed by atoms with Crippen molar-refractivity contribution >= 4 is 11.7 Å². The van der Waals surface area contributed by atoms with E-state index in [-0.39, 0.29) is 18.3 Å². The fraction of sp³-hybridized carbons (Fsp3) is 0.318. The van der Waals surface area contributed by atoms with E-state index in [0.717, 1.165) is 5.76 Å². The summed E-state index contributed by atoms with van der Waals surface area (Å²) in [4.78, 5) is 22.7. The monoisotopic (exact) mass is 410 g/mol. The van der Waals surface area contributed by atoms with Crippen molar-refractivity contribution in [1.82, 2.24) is 9.97 Å². The predicted molar refractivity (Wildman–Crippen MR) is 114 cm³/mol. The van der Waals surface area contributed by atoms with E-state index in [2.05, 4.69) is 9.97 Å². The van der Waals surface area contributed by atoms with Gasteiger partial charge in [-0.2, -0.15) is 0 Å². The van der Waals surface area contributed by atoms with Gasteiger partial charge in [0.15, 0.2) is 5.82 Å². The second-order valence-electron chi connectivity index (χ2n) is 6.72. The molecule has 0 saturated carbocycles. The second kappa shape index (κ2) is 10.00. The molecule has 1 aromatic carbocycles. The third-order valence-electron chi connectivity index (χ3n) is 4.66. The minimum Gasteiger partial charge on any atom is -0.458 e. The van der Waals surface area contributed by atoms with Gasteiger partial charge < -0.3 is 25.2 Å². The predicted octanol–water partition coefficient (Wildman–Crippen LogP) is 2.30. The molecule has 3 rings (SSSR count). The van der Waals surface area contributed by atoms with Crippen LogP contribution in [0.1, 0.15) is 24.3 Å². The molecule has 8 heteroatoms. The smallest absolute Gasteiger partial charge is 0.267 e. The first-order valence-corrected chi connectivity index (χ1v) is 9.77. The summed E-state index contributed by atoms with van der Waals surface area (Å²) < 4.78 is 11.2. The molecule has 1 aliphatic rings. The number of nitrogens with two attached hydrogens (primary N) is 1. The van der Waals surface area contributed by atoms with E-state index < -0.39 is 5.91 Å². The van der Waals surface area contributed by atoms with Gasteiger partial charge in [0.1, 0.15) is 23.0 Å². The summed E-state index contributed by atoms with van der Waals surface area (Å²) in [6.07, 6.45) is 5.65. The normalized spacial score (nSPS) is 17.4. The molecule has 0 aliphatic carbocycles. The highest BCUT2D eigenvalue weighted by Crippen LogP contribution is 2.25. The molecule has 1 fully saturated rings. The highest BCUT2D eigenvalue weighted by Gasteiger charge is 2.25. The number of ether oxygens (including phenoxy) is 2. The lowest BCUT2D eigenvalue weighted by molar-refractivity contribution is 0.0723. The number of aromatic nitrogens is 2. The van der Waals surface area contributed by atoms with Crippen LogP contribution in [0.15, 0.2) is 54.3 Å². The number of rotatable bonds is 7. The van der Waals surface area contributed by atoms with Crippen molar-refractivity contribution in [2.24, 2.45) is 5.73 Å². The van der Waals surface area contributed by atoms with Gasteiger partial charge in [-0.25, -0.2) is 9.97 Å². The summed E-state index contributed by atoms with van der Waals surface area (Å²) in [6.45, 7) is 5.17. The van der Waals surface area contributed by atoms with Gasteiger partial charge in [-0.15, -0.1) is 0 Å². The number of allylic oxidation sites excluding steroid dienone is 3. The summed E-state index contributed by atoms with van der Waals surface area (Å²) in [6, 6.07) is 8.58. The summed E-state index contributed by atoms with van der Waals surface area (Å²) in [5, 5.41) is 9.67. The number of nitrogens with zero attached hydrogens (tertiary/aromatic N) is 3. The van der Waals surface area contributed by atoms with E-state index in [4.69, 9.17) is 15.2 Å². The Morgan fingerprint density at radius 1 is 1.33 bits per heavy atom. The van der Waals surface area contributed by atoms with Gasteiger partial charge in [0, 0.05) is 18.2 Å². The van der Waals surface area contributed by atoms with Gasteiger partial charge in [0.25, 0.3) is 5.91 Å². The fourth-order valence-corrected chi connectivity index (χ4v) is 3.11. The van der Waals surface area contributed by atoms with Crippen molar-refractivity contribution < 1.29 is 19.4 Å². The Morgan fingerprint density at radius 3 is 2.73 bits per heavy atom. The Labute approximate surface area is 175 Å². The first kappa shape index (κ1) is 21.5. The highest BCUT2D eigenvalue weighted by atomic mass is 16.5. The Morgan fingerprint density at radius 2 is 2.10 bits per heavy atom. The quantitative estimate of drug-likeness (QED) is 0.532. The highest BCUT2D eigenvalue weighted by molar-refractivity contribution is 5.92. The molecule has 8 nitrogen and oxygen atoms in total. The van der Waals surface area contributed by atoms with Crippen LogP contribution in [0.3, 0.4) is 0 Å². The van der Waals surface area contributed by atoms with Crippen molar-refractivity contribution in [3.05, 3.63) is 60.0 Å². The molecule has 1 atom stereocenters. The molecule has 1 aromatic heterocycles. The van der Waals surface area contributed by atoms with E-state index in [9.17, 15) is 9.90 Å². The standard InChI is InChI=1S/C22H26N4O4/c1-3-5-17(4-2)30-18-8-6-15(7-9-18)22-24-19(21(23)28)12-20(25-22)26-10-11-29-14-16(26)13-27/h3-9,12,16,27H,10-11,13-14H2,1-2H3,(H2,23,28). The van der Waals surface area contributed by atoms with Crippen molar-refractivity contribution in [2.75, 3.05) is 31.3 Å². The summed E-state index contributed by atoms with van der Waals surface area (Å²) >= 11 is 0. The molecule has 0 radical (unpaired) electrons. The zero-order valence-electron chi connectivity index (χ0n) is 17.1. The molecule has 1 aliphatic heterocycles. The number of carbonyl (C=O) groups excluding carboxylic acids is 1. The summed E-state index contributed by atoms with van der Waals surface area (Å²) in [5.74, 6) is 1.67. The van der Waals surface area contributed by atoms with Crippen LogP contribution in [0.2, 0.25) is 0 Å². The Bertz CT molecular complexity index is 941. The van der Waals surface area contributed by atoms with Gasteiger partial charge >= 0.3 is 0 Å². The molecular formula is C22H26N4O4. The van der Waals surface area contributed by atoms with Crippen molar-refractivity contribution in [2.45, 2.75) is 19.9 Å². The number of hydrogen-bond donors (Lipinski definition) is 2. The van der Waals surface area contributed by atoms with Crippen molar-refractivity contribution in [1.29, 1.82) is 0 Å². The first-order chi connectivity index (χ1) is 14.5. The third-order valence-corrected chi connectivity index (χ3v) is 4.66. The zero-order valence-corrected chi connectivity index (χ0v) is 17.1. The van der Waals surface area contributed by atoms with Crippen LogP contribution >= 0.6 is 0 Å². The maximum atomic E-state index is 11.8. The van der Waals surface area contributed by atoms with E-state index in [1.54, 1.807) is 6.07 Å². The number of hydrogen-bond acceptors (Lipinski definition) is 7. The molecule has 158 valence electrons. The topological polar surface area (TPSA) is 111 Å². The first-order valence-electron chi connectivity index (χ1n) is 9.77. The van der Waals surface area contributed by atoms with Crippen LogP contribution in [0.5, 0.6) is 5.75 Å². The lowest BCUT2D eigenvalue weighted by Gasteiger charge is -2.35. The third kappa shape index (κ3) is 5.03. The van der Waals surface area contributed by atoms with Gasteiger partial charge in [-0.3, -0.25) is 4.79 Å². The average Bonchev–Trinajstić information content (AvgIpc) is 2.78. The van der Waals surface area contributed by atoms with E-state index in [0.29, 0.717) is 42.7 Å². The molecule has 30 heavy (non-hydrogen) atoms. The van der Waals surface area contributed by atoms with Crippen LogP contribution in [0.4, 0.5) is 5.82 Å². The number of carbonyl (C=O) groups is 1. The van der Waals surface area contributed by atoms with Crippen LogP contribution in [-0.4, -0.2) is 53.4 Å². The van der Waals surface area contributed by atoms with Crippen molar-refractivity contribution in [3.8, 4) is 17.1 Å². The molecule has 3 N–H and O–H groups in total. The summed E-state index contributed by atoms with van der Waals surface area (Å²) in [5.41, 5.74) is 6.32. The van der Waals surface area contributed by atoms with Crippen LogP contribution in [-0.2, 0) is 4.74 Å². The molecule has 1 unspecified atom stereocenters. The van der Waals surface area contributed by atoms with Crippen LogP contribution in [0.25, 0.3) is 11.4 Å². The Balaban J connectivity index is 1.93. The molecule has 2 heterocycles. The van der Waals surface area contributed by atoms with Gasteiger partial charge in [-0.1, -0.05) is 6.08 Å². The number of aliphatic hydroxyl groups is 1. The molecule has 0 spiro atoms. The number of morpholine rings is 1. The number of aliphatic hydroxyl groups excluding tert-OH is 1. The Hall–Kier alpha value is -3.23. The van der Waals surface area contributed by atoms with Crippen molar-refractivity contribution in [3.63, 3.8) is 0 Å². The van der Waals surface area contributed by atoms with Gasteiger partial charge in [0.05, 0.1) is 25.9 Å². The number of benzene rings is 1. The molecule has 1 saturated heterocycles. The molecule has 1 amide bonds. The number of anilines is 1. The average molecular weight is 410 g/mol. The lowest BCUT2D eigenvalue weighted by Crippen LogP contribution is -2.48. The molecule has 2 aromatic rings. The van der Waals surface area contributed by atoms with Crippen LogP contribution in [0, 0.1) is 0 Å². The maximum Gasteiger partial charge on any atom is 0.267 e. The largest absolute Gasteiger partial charge is 0.458 e. The Kier molecular flexibility index (Phi) is 7.16. The number of primary amides is 1. The summed E-state index contributed by atoms with van der Waals surface area (Å²) in [7, 11) is 0. The zero-order chi connectivity index (χ0) is 21.5. The van der Waals surface area contributed by atoms with Crippen LogP contribution < -0.4 is 15.4 Å². The van der Waals surface area contributed by atoms with Gasteiger partial charge in [-0.05, 0) is 50.3 Å². The number of amides is 1. The minimum absolute atomic E-state index is 0.0865. The fourth-order valence-electron chi connectivity index (χ4n) is 3.11. The molecule has 0 bridgehead atoms. The van der Waals surface area contributed by atoms with E-state index in [1.165, 1.54) is 0 Å². The molecular weight excluding hydrogens is 384 g/mol. The van der Waals surface area contributed by atoms with E-state index >= 15 is 0 Å².